The van der Waals surface area contributed by atoms with Crippen molar-refractivity contribution in [3.05, 3.63) is 57.8 Å². The minimum absolute atomic E-state index is 0.360. The molecule has 4 heteroatoms. The molecule has 0 bridgehead atoms. The summed E-state index contributed by atoms with van der Waals surface area (Å²) in [5, 5.41) is 11.0. The first kappa shape index (κ1) is 15.2. The largest absolute Gasteiger partial charge is 0.377 e. The summed E-state index contributed by atoms with van der Waals surface area (Å²) in [7, 11) is 0. The zero-order chi connectivity index (χ0) is 15.2. The van der Waals surface area contributed by atoms with Crippen molar-refractivity contribution in [1.82, 2.24) is 4.90 Å². The maximum Gasteiger partial charge on any atom is 0.0991 e. The number of nitrogens with zero attached hydrogens (tertiary/aromatic N) is 2. The van der Waals surface area contributed by atoms with E-state index >= 15 is 0 Å². The van der Waals surface area contributed by atoms with Gasteiger partial charge in [0.1, 0.15) is 0 Å². The number of ether oxygens (including phenoxy) is 1. The normalized spacial score (nSPS) is 17.7. The van der Waals surface area contributed by atoms with Gasteiger partial charge < -0.3 is 4.74 Å². The van der Waals surface area contributed by atoms with E-state index in [1.165, 1.54) is 16.9 Å². The Hall–Kier alpha value is -1.67. The van der Waals surface area contributed by atoms with Crippen molar-refractivity contribution in [2.45, 2.75) is 32.0 Å². The van der Waals surface area contributed by atoms with E-state index in [4.69, 9.17) is 10.00 Å². The molecule has 1 saturated heterocycles. The molecule has 1 aromatic heterocycles. The Bertz CT molecular complexity index is 610. The zero-order valence-electron chi connectivity index (χ0n) is 12.6. The minimum Gasteiger partial charge on any atom is -0.377 e. The van der Waals surface area contributed by atoms with E-state index in [1.807, 2.05) is 12.1 Å². The molecule has 3 nitrogen and oxygen atoms in total. The number of hydrogen-bond donors (Lipinski definition) is 0. The third-order valence-electron chi connectivity index (χ3n) is 3.93. The van der Waals surface area contributed by atoms with Gasteiger partial charge >= 0.3 is 0 Å². The molecule has 114 valence electrons. The molecule has 1 fully saturated rings. The van der Waals surface area contributed by atoms with Crippen LogP contribution in [-0.2, 0) is 17.8 Å². The topological polar surface area (TPSA) is 36.3 Å². The molecule has 1 unspecified atom stereocenters. The number of rotatable bonds is 6. The first-order valence-electron chi connectivity index (χ1n) is 7.69. The fourth-order valence-corrected chi connectivity index (χ4v) is 3.57. The van der Waals surface area contributed by atoms with Gasteiger partial charge in [-0.2, -0.15) is 5.26 Å². The molecular formula is C18H20N2OS. The fourth-order valence-electron chi connectivity index (χ4n) is 2.83. The third kappa shape index (κ3) is 4.17. The molecule has 0 aliphatic carbocycles. The van der Waals surface area contributed by atoms with Crippen molar-refractivity contribution in [1.29, 1.82) is 5.26 Å². The Labute approximate surface area is 135 Å². The van der Waals surface area contributed by atoms with Gasteiger partial charge in [0.05, 0.1) is 17.7 Å². The van der Waals surface area contributed by atoms with Gasteiger partial charge in [0, 0.05) is 31.1 Å². The Kier molecular flexibility index (Phi) is 5.23. The molecule has 1 aliphatic heterocycles. The van der Waals surface area contributed by atoms with Crippen LogP contribution < -0.4 is 0 Å². The average molecular weight is 312 g/mol. The third-order valence-corrected chi connectivity index (χ3v) is 4.80. The molecular weight excluding hydrogens is 292 g/mol. The second kappa shape index (κ2) is 7.55. The first-order chi connectivity index (χ1) is 10.8. The SMILES string of the molecule is N#Cc1ccc(CN(Cc2cccs2)CC2CCCO2)cc1. The van der Waals surface area contributed by atoms with Gasteiger partial charge in [-0.25, -0.2) is 0 Å². The van der Waals surface area contributed by atoms with Gasteiger partial charge in [0.25, 0.3) is 0 Å². The fraction of sp³-hybridized carbons (Fsp3) is 0.389. The van der Waals surface area contributed by atoms with Gasteiger partial charge in [-0.05, 0) is 42.0 Å². The van der Waals surface area contributed by atoms with Crippen LogP contribution in [0.1, 0.15) is 28.8 Å². The summed E-state index contributed by atoms with van der Waals surface area (Å²) in [5.41, 5.74) is 1.96. The molecule has 1 atom stereocenters. The molecule has 0 radical (unpaired) electrons. The molecule has 2 heterocycles. The number of thiophene rings is 1. The van der Waals surface area contributed by atoms with Gasteiger partial charge in [0.15, 0.2) is 0 Å². The summed E-state index contributed by atoms with van der Waals surface area (Å²) in [6.45, 7) is 3.72. The van der Waals surface area contributed by atoms with E-state index in [9.17, 15) is 0 Å². The number of hydrogen-bond acceptors (Lipinski definition) is 4. The molecule has 22 heavy (non-hydrogen) atoms. The van der Waals surface area contributed by atoms with Crippen LogP contribution in [0.5, 0.6) is 0 Å². The van der Waals surface area contributed by atoms with E-state index in [2.05, 4.69) is 40.6 Å². The molecule has 1 aliphatic rings. The predicted octanol–water partition coefficient (Wildman–Crippen LogP) is 3.80. The van der Waals surface area contributed by atoms with E-state index in [-0.39, 0.29) is 0 Å². The van der Waals surface area contributed by atoms with Crippen LogP contribution in [0.4, 0.5) is 0 Å². The summed E-state index contributed by atoms with van der Waals surface area (Å²) in [6.07, 6.45) is 2.70. The monoisotopic (exact) mass is 312 g/mol. The average Bonchev–Trinajstić information content (AvgIpc) is 3.22. The summed E-state index contributed by atoms with van der Waals surface area (Å²) in [4.78, 5) is 3.83. The van der Waals surface area contributed by atoms with Crippen LogP contribution in [0, 0.1) is 11.3 Å². The highest BCUT2D eigenvalue weighted by Crippen LogP contribution is 2.19. The van der Waals surface area contributed by atoms with Crippen LogP contribution in [0.15, 0.2) is 41.8 Å². The first-order valence-corrected chi connectivity index (χ1v) is 8.57. The second-order valence-electron chi connectivity index (χ2n) is 5.69. The maximum absolute atomic E-state index is 8.90. The van der Waals surface area contributed by atoms with Gasteiger partial charge in [-0.3, -0.25) is 4.90 Å². The van der Waals surface area contributed by atoms with Gasteiger partial charge in [-0.1, -0.05) is 18.2 Å². The lowest BCUT2D eigenvalue weighted by molar-refractivity contribution is 0.0682. The Morgan fingerprint density at radius 1 is 1.23 bits per heavy atom. The lowest BCUT2D eigenvalue weighted by Gasteiger charge is -2.24. The molecule has 0 spiro atoms. The van der Waals surface area contributed by atoms with Crippen molar-refractivity contribution in [3.63, 3.8) is 0 Å². The zero-order valence-corrected chi connectivity index (χ0v) is 13.4. The summed E-state index contributed by atoms with van der Waals surface area (Å²) in [6, 6.07) is 14.3. The maximum atomic E-state index is 8.90. The summed E-state index contributed by atoms with van der Waals surface area (Å²) in [5.74, 6) is 0. The van der Waals surface area contributed by atoms with Crippen molar-refractivity contribution < 1.29 is 4.74 Å². The Morgan fingerprint density at radius 2 is 2.09 bits per heavy atom. The highest BCUT2D eigenvalue weighted by atomic mass is 32.1. The van der Waals surface area contributed by atoms with E-state index in [0.29, 0.717) is 11.7 Å². The summed E-state index contributed by atoms with van der Waals surface area (Å²) >= 11 is 1.80. The van der Waals surface area contributed by atoms with Crippen LogP contribution >= 0.6 is 11.3 Å². The predicted molar refractivity (Wildman–Crippen MR) is 88.6 cm³/mol. The number of nitriles is 1. The van der Waals surface area contributed by atoms with Crippen LogP contribution in [0.25, 0.3) is 0 Å². The highest BCUT2D eigenvalue weighted by Gasteiger charge is 2.19. The van der Waals surface area contributed by atoms with E-state index < -0.39 is 0 Å². The molecule has 0 N–H and O–H groups in total. The van der Waals surface area contributed by atoms with E-state index in [0.717, 1.165) is 32.7 Å². The van der Waals surface area contributed by atoms with Crippen LogP contribution in [0.3, 0.4) is 0 Å². The standard InChI is InChI=1S/C18H20N2OS/c19-11-15-5-7-16(8-6-15)12-20(13-17-3-1-9-21-17)14-18-4-2-10-22-18/h2,4-8,10,17H,1,3,9,12-14H2. The van der Waals surface area contributed by atoms with Gasteiger partial charge in [-0.15, -0.1) is 11.3 Å². The Morgan fingerprint density at radius 3 is 2.73 bits per heavy atom. The highest BCUT2D eigenvalue weighted by molar-refractivity contribution is 7.09. The van der Waals surface area contributed by atoms with Crippen molar-refractivity contribution >= 4 is 11.3 Å². The van der Waals surface area contributed by atoms with Crippen molar-refractivity contribution in [2.24, 2.45) is 0 Å². The number of benzene rings is 1. The second-order valence-corrected chi connectivity index (χ2v) is 6.72. The van der Waals surface area contributed by atoms with E-state index in [1.54, 1.807) is 11.3 Å². The smallest absolute Gasteiger partial charge is 0.0991 e. The van der Waals surface area contributed by atoms with Gasteiger partial charge in [0.2, 0.25) is 0 Å². The lowest BCUT2D eigenvalue weighted by atomic mass is 10.1. The Balaban J connectivity index is 1.67. The van der Waals surface area contributed by atoms with Crippen LogP contribution in [0.2, 0.25) is 0 Å². The molecule has 3 rings (SSSR count). The quantitative estimate of drug-likeness (QED) is 0.814. The molecule has 0 amide bonds. The molecule has 2 aromatic rings. The van der Waals surface area contributed by atoms with Crippen molar-refractivity contribution in [3.8, 4) is 6.07 Å². The van der Waals surface area contributed by atoms with Crippen LogP contribution in [-0.4, -0.2) is 24.2 Å². The van der Waals surface area contributed by atoms with Crippen molar-refractivity contribution in [2.75, 3.05) is 13.2 Å². The summed E-state index contributed by atoms with van der Waals surface area (Å²) < 4.78 is 5.80. The molecule has 1 aromatic carbocycles. The molecule has 0 saturated carbocycles. The minimum atomic E-state index is 0.360. The lowest BCUT2D eigenvalue weighted by Crippen LogP contribution is -2.31.